The molecule has 0 aliphatic carbocycles. The van der Waals surface area contributed by atoms with Gasteiger partial charge >= 0.3 is 0 Å². The molecule has 19 heavy (non-hydrogen) atoms. The van der Waals surface area contributed by atoms with Gasteiger partial charge in [-0.1, -0.05) is 0 Å². The molecule has 0 bridgehead atoms. The van der Waals surface area contributed by atoms with Crippen LogP contribution in [0.5, 0.6) is 0 Å². The van der Waals surface area contributed by atoms with Crippen molar-refractivity contribution in [2.45, 2.75) is 13.8 Å². The van der Waals surface area contributed by atoms with Gasteiger partial charge < -0.3 is 4.98 Å². The topological polar surface area (TPSA) is 28.7 Å². The van der Waals surface area contributed by atoms with Crippen molar-refractivity contribution in [3.63, 3.8) is 0 Å². The molecule has 2 aromatic carbocycles. The molecule has 0 aliphatic heterocycles. The average molecular weight is 258 g/mol. The van der Waals surface area contributed by atoms with Gasteiger partial charge in [0, 0.05) is 6.07 Å². The molecule has 3 aromatic rings. The van der Waals surface area contributed by atoms with E-state index in [1.54, 1.807) is 0 Å². The van der Waals surface area contributed by atoms with E-state index in [0.717, 1.165) is 28.2 Å². The van der Waals surface area contributed by atoms with Crippen LogP contribution in [0.25, 0.3) is 22.4 Å². The molecule has 0 atom stereocenters. The highest BCUT2D eigenvalue weighted by Crippen LogP contribution is 2.25. The van der Waals surface area contributed by atoms with E-state index in [1.807, 2.05) is 26.0 Å². The lowest BCUT2D eigenvalue weighted by molar-refractivity contribution is 0.585. The van der Waals surface area contributed by atoms with Gasteiger partial charge in [0.2, 0.25) is 0 Å². The van der Waals surface area contributed by atoms with Crippen LogP contribution in [0.2, 0.25) is 0 Å². The maximum atomic E-state index is 13.7. The highest BCUT2D eigenvalue weighted by atomic mass is 19.1. The smallest absolute Gasteiger partial charge is 0.141 e. The first-order valence-electron chi connectivity index (χ1n) is 5.97. The Balaban J connectivity index is 2.20. The predicted octanol–water partition coefficient (Wildman–Crippen LogP) is 4.12. The predicted molar refractivity (Wildman–Crippen MR) is 70.9 cm³/mol. The number of imidazole rings is 1. The van der Waals surface area contributed by atoms with Crippen molar-refractivity contribution in [1.29, 1.82) is 0 Å². The Bertz CT molecular complexity index is 736. The highest BCUT2D eigenvalue weighted by Gasteiger charge is 2.11. The van der Waals surface area contributed by atoms with Crippen LogP contribution in [0.1, 0.15) is 11.1 Å². The highest BCUT2D eigenvalue weighted by molar-refractivity contribution is 5.81. The Morgan fingerprint density at radius 3 is 2.47 bits per heavy atom. The van der Waals surface area contributed by atoms with Gasteiger partial charge in [-0.3, -0.25) is 0 Å². The Morgan fingerprint density at radius 2 is 1.74 bits per heavy atom. The van der Waals surface area contributed by atoms with Gasteiger partial charge in [-0.2, -0.15) is 0 Å². The summed E-state index contributed by atoms with van der Waals surface area (Å²) < 4.78 is 26.6. The number of halogens is 2. The summed E-state index contributed by atoms with van der Waals surface area (Å²) in [4.78, 5) is 7.42. The molecular weight excluding hydrogens is 246 g/mol. The number of H-pyrrole nitrogens is 1. The number of aryl methyl sites for hydroxylation is 2. The lowest BCUT2D eigenvalue weighted by atomic mass is 10.1. The van der Waals surface area contributed by atoms with Gasteiger partial charge in [0.05, 0.1) is 16.6 Å². The van der Waals surface area contributed by atoms with Gasteiger partial charge in [0.25, 0.3) is 0 Å². The molecule has 96 valence electrons. The third kappa shape index (κ3) is 1.99. The van der Waals surface area contributed by atoms with Crippen LogP contribution in [0, 0.1) is 25.5 Å². The molecule has 0 aliphatic rings. The number of hydrogen-bond acceptors (Lipinski definition) is 1. The lowest BCUT2D eigenvalue weighted by Gasteiger charge is -1.98. The van der Waals surface area contributed by atoms with Crippen LogP contribution >= 0.6 is 0 Å². The zero-order chi connectivity index (χ0) is 13.6. The third-order valence-electron chi connectivity index (χ3n) is 3.28. The molecular formula is C15H12F2N2. The van der Waals surface area contributed by atoms with Gasteiger partial charge in [-0.15, -0.1) is 0 Å². The number of fused-ring (bicyclic) bond motifs is 1. The second kappa shape index (κ2) is 4.16. The van der Waals surface area contributed by atoms with Crippen LogP contribution in [0.3, 0.4) is 0 Å². The number of hydrogen-bond donors (Lipinski definition) is 1. The molecule has 1 heterocycles. The van der Waals surface area contributed by atoms with Crippen LogP contribution < -0.4 is 0 Å². The minimum absolute atomic E-state index is 0.271. The number of rotatable bonds is 1. The van der Waals surface area contributed by atoms with Crippen molar-refractivity contribution >= 4 is 11.0 Å². The zero-order valence-corrected chi connectivity index (χ0v) is 10.6. The van der Waals surface area contributed by atoms with E-state index >= 15 is 0 Å². The summed E-state index contributed by atoms with van der Waals surface area (Å²) in [5, 5.41) is 0. The number of aromatic nitrogens is 2. The van der Waals surface area contributed by atoms with Crippen LogP contribution in [-0.4, -0.2) is 9.97 Å². The second-order valence-corrected chi connectivity index (χ2v) is 4.66. The van der Waals surface area contributed by atoms with E-state index in [0.29, 0.717) is 5.82 Å². The third-order valence-corrected chi connectivity index (χ3v) is 3.28. The van der Waals surface area contributed by atoms with Crippen molar-refractivity contribution < 1.29 is 8.78 Å². The summed E-state index contributed by atoms with van der Waals surface area (Å²) >= 11 is 0. The first kappa shape index (κ1) is 11.8. The van der Waals surface area contributed by atoms with Crippen molar-refractivity contribution in [2.75, 3.05) is 0 Å². The number of nitrogens with zero attached hydrogens (tertiary/aromatic N) is 1. The Labute approximate surface area is 109 Å². The molecule has 0 fully saturated rings. The summed E-state index contributed by atoms with van der Waals surface area (Å²) in [5.41, 5.74) is 4.17. The Hall–Kier alpha value is -2.23. The molecule has 0 radical (unpaired) electrons. The normalized spacial score (nSPS) is 11.2. The molecule has 0 amide bonds. The van der Waals surface area contributed by atoms with E-state index in [2.05, 4.69) is 9.97 Å². The molecule has 2 nitrogen and oxygen atoms in total. The molecule has 3 rings (SSSR count). The molecule has 1 N–H and O–H groups in total. The average Bonchev–Trinajstić information content (AvgIpc) is 2.72. The minimum atomic E-state index is -0.618. The fourth-order valence-corrected chi connectivity index (χ4v) is 2.08. The largest absolute Gasteiger partial charge is 0.338 e. The summed E-state index contributed by atoms with van der Waals surface area (Å²) in [6, 6.07) is 7.40. The molecule has 0 spiro atoms. The summed E-state index contributed by atoms with van der Waals surface area (Å²) in [7, 11) is 0. The Kier molecular flexibility index (Phi) is 2.59. The van der Waals surface area contributed by atoms with Gasteiger partial charge in [-0.25, -0.2) is 13.8 Å². The van der Waals surface area contributed by atoms with Crippen LogP contribution in [-0.2, 0) is 0 Å². The monoisotopic (exact) mass is 258 g/mol. The number of aromatic amines is 1. The van der Waals surface area contributed by atoms with Gasteiger partial charge in [-0.05, 0) is 49.2 Å². The molecule has 0 saturated heterocycles. The summed E-state index contributed by atoms with van der Waals surface area (Å²) in [5.74, 6) is -0.797. The van der Waals surface area contributed by atoms with Crippen molar-refractivity contribution in [2.24, 2.45) is 0 Å². The number of nitrogens with one attached hydrogen (secondary N) is 1. The first-order chi connectivity index (χ1) is 9.04. The maximum Gasteiger partial charge on any atom is 0.141 e. The standard InChI is InChI=1S/C15H12F2N2/c1-8-5-13-14(6-9(8)2)19-15(18-13)11-4-3-10(16)7-12(11)17/h3-7H,1-2H3,(H,18,19). The zero-order valence-electron chi connectivity index (χ0n) is 10.6. The fourth-order valence-electron chi connectivity index (χ4n) is 2.08. The fraction of sp³-hybridized carbons (Fsp3) is 0.133. The second-order valence-electron chi connectivity index (χ2n) is 4.66. The quantitative estimate of drug-likeness (QED) is 0.698. The van der Waals surface area contributed by atoms with E-state index < -0.39 is 11.6 Å². The minimum Gasteiger partial charge on any atom is -0.338 e. The first-order valence-corrected chi connectivity index (χ1v) is 5.97. The van der Waals surface area contributed by atoms with Crippen molar-refractivity contribution in [3.8, 4) is 11.4 Å². The lowest BCUT2D eigenvalue weighted by Crippen LogP contribution is -1.87. The van der Waals surface area contributed by atoms with Crippen LogP contribution in [0.4, 0.5) is 8.78 Å². The van der Waals surface area contributed by atoms with E-state index in [9.17, 15) is 8.78 Å². The molecule has 1 aromatic heterocycles. The molecule has 0 saturated carbocycles. The SMILES string of the molecule is Cc1cc2nc(-c3ccc(F)cc3F)[nH]c2cc1C. The molecule has 0 unspecified atom stereocenters. The number of benzene rings is 2. The summed E-state index contributed by atoms with van der Waals surface area (Å²) in [6.07, 6.45) is 0. The van der Waals surface area contributed by atoms with Gasteiger partial charge in [0.1, 0.15) is 17.5 Å². The molecule has 4 heteroatoms. The van der Waals surface area contributed by atoms with Crippen LogP contribution in [0.15, 0.2) is 30.3 Å². The maximum absolute atomic E-state index is 13.7. The van der Waals surface area contributed by atoms with E-state index in [4.69, 9.17) is 0 Å². The Morgan fingerprint density at radius 1 is 1.00 bits per heavy atom. The van der Waals surface area contributed by atoms with Crippen molar-refractivity contribution in [3.05, 3.63) is 53.1 Å². The van der Waals surface area contributed by atoms with Gasteiger partial charge in [0.15, 0.2) is 0 Å². The van der Waals surface area contributed by atoms with E-state index in [1.165, 1.54) is 12.1 Å². The van der Waals surface area contributed by atoms with E-state index in [-0.39, 0.29) is 5.56 Å². The summed E-state index contributed by atoms with van der Waals surface area (Å²) in [6.45, 7) is 4.01. The van der Waals surface area contributed by atoms with Crippen molar-refractivity contribution in [1.82, 2.24) is 9.97 Å².